The van der Waals surface area contributed by atoms with Crippen LogP contribution in [-0.2, 0) is 6.18 Å². The van der Waals surface area contributed by atoms with Crippen molar-refractivity contribution in [3.8, 4) is 5.75 Å². The van der Waals surface area contributed by atoms with Crippen LogP contribution in [0.2, 0.25) is 0 Å². The SMILES string of the molecule is COc1cc2nn([C@H]3CC[C@H](CO)CC3)cc2cc1NC(=O)c1cncnc1C(F)(F)F. The predicted octanol–water partition coefficient (Wildman–Crippen LogP) is 3.83. The van der Waals surface area contributed by atoms with E-state index in [9.17, 15) is 23.1 Å². The average molecular weight is 449 g/mol. The minimum atomic E-state index is -4.79. The number of amides is 1. The van der Waals surface area contributed by atoms with Gasteiger partial charge in [0.2, 0.25) is 0 Å². The van der Waals surface area contributed by atoms with E-state index >= 15 is 0 Å². The number of alkyl halides is 3. The zero-order valence-electron chi connectivity index (χ0n) is 17.3. The Morgan fingerprint density at radius 3 is 2.69 bits per heavy atom. The highest BCUT2D eigenvalue weighted by Crippen LogP contribution is 2.35. The Morgan fingerprint density at radius 1 is 1.28 bits per heavy atom. The van der Waals surface area contributed by atoms with Crippen molar-refractivity contribution in [2.24, 2.45) is 5.92 Å². The molecule has 1 fully saturated rings. The number of aromatic nitrogens is 4. The zero-order chi connectivity index (χ0) is 22.9. The second kappa shape index (κ2) is 8.73. The van der Waals surface area contributed by atoms with Crippen LogP contribution in [0.4, 0.5) is 18.9 Å². The highest BCUT2D eigenvalue weighted by molar-refractivity contribution is 6.06. The number of carbonyl (C=O) groups excluding carboxylic acids is 1. The monoisotopic (exact) mass is 449 g/mol. The van der Waals surface area contributed by atoms with Crippen molar-refractivity contribution >= 4 is 22.5 Å². The summed E-state index contributed by atoms with van der Waals surface area (Å²) in [6.07, 6.45) is 2.26. The third-order valence-corrected chi connectivity index (χ3v) is 5.77. The summed E-state index contributed by atoms with van der Waals surface area (Å²) in [5.74, 6) is -0.405. The third-order valence-electron chi connectivity index (χ3n) is 5.77. The van der Waals surface area contributed by atoms with Crippen LogP contribution in [0.5, 0.6) is 5.75 Å². The topological polar surface area (TPSA) is 102 Å². The molecule has 1 saturated carbocycles. The van der Waals surface area contributed by atoms with Gasteiger partial charge >= 0.3 is 6.18 Å². The quantitative estimate of drug-likeness (QED) is 0.614. The molecule has 11 heteroatoms. The Labute approximate surface area is 181 Å². The first kappa shape index (κ1) is 22.0. The van der Waals surface area contributed by atoms with Crippen LogP contribution < -0.4 is 10.1 Å². The number of hydrogen-bond acceptors (Lipinski definition) is 6. The maximum Gasteiger partial charge on any atom is 0.434 e. The minimum Gasteiger partial charge on any atom is -0.494 e. The molecule has 1 amide bonds. The number of anilines is 1. The van der Waals surface area contributed by atoms with Gasteiger partial charge in [0.1, 0.15) is 12.1 Å². The van der Waals surface area contributed by atoms with Gasteiger partial charge in [-0.1, -0.05) is 0 Å². The summed E-state index contributed by atoms with van der Waals surface area (Å²) in [5, 5.41) is 17.1. The lowest BCUT2D eigenvalue weighted by molar-refractivity contribution is -0.141. The van der Waals surface area contributed by atoms with Gasteiger partial charge < -0.3 is 15.2 Å². The molecule has 170 valence electrons. The standard InChI is InChI=1S/C21H22F3N5O3/c1-32-18-7-16-13(9-29(28-16)14-4-2-12(10-30)3-5-14)6-17(18)27-20(31)15-8-25-11-26-19(15)21(22,23)24/h6-9,11-12,14,30H,2-5,10H2,1H3,(H,27,31)/t12-,14-. The summed E-state index contributed by atoms with van der Waals surface area (Å²) >= 11 is 0. The van der Waals surface area contributed by atoms with Crippen molar-refractivity contribution in [1.29, 1.82) is 0 Å². The van der Waals surface area contributed by atoms with Crippen LogP contribution >= 0.6 is 0 Å². The van der Waals surface area contributed by atoms with Crippen LogP contribution in [0, 0.1) is 5.92 Å². The molecule has 0 aliphatic heterocycles. The number of ether oxygens (including phenoxy) is 1. The Kier molecular flexibility index (Phi) is 6.00. The summed E-state index contributed by atoms with van der Waals surface area (Å²) in [7, 11) is 1.40. The molecular formula is C21H22F3N5O3. The van der Waals surface area contributed by atoms with Crippen molar-refractivity contribution < 1.29 is 27.8 Å². The lowest BCUT2D eigenvalue weighted by atomic mass is 9.87. The summed E-state index contributed by atoms with van der Waals surface area (Å²) in [6, 6.07) is 3.45. The van der Waals surface area contributed by atoms with Crippen LogP contribution in [0.15, 0.2) is 30.9 Å². The molecule has 1 aliphatic carbocycles. The first-order chi connectivity index (χ1) is 15.3. The van der Waals surface area contributed by atoms with Crippen molar-refractivity contribution in [3.63, 3.8) is 0 Å². The Hall–Kier alpha value is -3.21. The van der Waals surface area contributed by atoms with Gasteiger partial charge in [-0.3, -0.25) is 9.48 Å². The van der Waals surface area contributed by atoms with Crippen molar-refractivity contribution in [2.45, 2.75) is 37.9 Å². The van der Waals surface area contributed by atoms with Crippen molar-refractivity contribution in [1.82, 2.24) is 19.7 Å². The fraction of sp³-hybridized carbons (Fsp3) is 0.429. The maximum absolute atomic E-state index is 13.2. The van der Waals surface area contributed by atoms with Crippen LogP contribution in [0.25, 0.3) is 10.9 Å². The number of carbonyl (C=O) groups is 1. The molecule has 8 nitrogen and oxygen atoms in total. The molecule has 0 unspecified atom stereocenters. The molecule has 0 radical (unpaired) electrons. The van der Waals surface area contributed by atoms with E-state index in [-0.39, 0.29) is 24.1 Å². The fourth-order valence-corrected chi connectivity index (χ4v) is 4.03. The van der Waals surface area contributed by atoms with Gasteiger partial charge in [-0.05, 0) is 37.7 Å². The normalized spacial score (nSPS) is 19.2. The molecule has 1 aliphatic rings. The number of methoxy groups -OCH3 is 1. The number of aliphatic hydroxyl groups excluding tert-OH is 1. The van der Waals surface area contributed by atoms with E-state index in [1.807, 2.05) is 10.9 Å². The van der Waals surface area contributed by atoms with Gasteiger partial charge in [0.05, 0.1) is 29.9 Å². The number of fused-ring (bicyclic) bond motifs is 1. The summed E-state index contributed by atoms with van der Waals surface area (Å²) in [6.45, 7) is 0.191. The highest BCUT2D eigenvalue weighted by atomic mass is 19.4. The number of nitrogens with one attached hydrogen (secondary N) is 1. The first-order valence-corrected chi connectivity index (χ1v) is 10.2. The second-order valence-corrected chi connectivity index (χ2v) is 7.81. The van der Waals surface area contributed by atoms with Crippen LogP contribution in [0.3, 0.4) is 0 Å². The summed E-state index contributed by atoms with van der Waals surface area (Å²) in [4.78, 5) is 19.4. The van der Waals surface area contributed by atoms with Gasteiger partial charge in [0.15, 0.2) is 5.69 Å². The van der Waals surface area contributed by atoms with E-state index in [4.69, 9.17) is 4.74 Å². The minimum absolute atomic E-state index is 0.191. The van der Waals surface area contributed by atoms with Gasteiger partial charge in [-0.25, -0.2) is 9.97 Å². The number of aliphatic hydroxyl groups is 1. The molecule has 2 heterocycles. The summed E-state index contributed by atoms with van der Waals surface area (Å²) < 4.78 is 46.8. The van der Waals surface area contributed by atoms with E-state index < -0.39 is 23.3 Å². The number of hydrogen-bond donors (Lipinski definition) is 2. The van der Waals surface area contributed by atoms with Gasteiger partial charge in [-0.15, -0.1) is 0 Å². The van der Waals surface area contributed by atoms with Crippen LogP contribution in [0.1, 0.15) is 47.8 Å². The van der Waals surface area contributed by atoms with Gasteiger partial charge in [-0.2, -0.15) is 18.3 Å². The molecule has 0 atom stereocenters. The molecule has 0 spiro atoms. The maximum atomic E-state index is 13.2. The molecule has 2 aromatic heterocycles. The molecule has 0 saturated heterocycles. The molecule has 32 heavy (non-hydrogen) atoms. The van der Waals surface area contributed by atoms with E-state index in [0.717, 1.165) is 38.2 Å². The largest absolute Gasteiger partial charge is 0.494 e. The molecule has 2 N–H and O–H groups in total. The lowest BCUT2D eigenvalue weighted by Crippen LogP contribution is -2.20. The van der Waals surface area contributed by atoms with E-state index in [1.165, 1.54) is 7.11 Å². The zero-order valence-corrected chi connectivity index (χ0v) is 17.3. The third kappa shape index (κ3) is 4.38. The van der Waals surface area contributed by atoms with Crippen molar-refractivity contribution in [2.75, 3.05) is 19.0 Å². The van der Waals surface area contributed by atoms with Gasteiger partial charge in [0.25, 0.3) is 5.91 Å². The fourth-order valence-electron chi connectivity index (χ4n) is 4.03. The highest BCUT2D eigenvalue weighted by Gasteiger charge is 2.37. The first-order valence-electron chi connectivity index (χ1n) is 10.2. The molecule has 4 rings (SSSR count). The molecule has 1 aromatic carbocycles. The van der Waals surface area contributed by atoms with Crippen LogP contribution in [-0.4, -0.2) is 44.5 Å². The predicted molar refractivity (Wildman–Crippen MR) is 109 cm³/mol. The molecule has 3 aromatic rings. The number of nitrogens with zero attached hydrogens (tertiary/aromatic N) is 4. The second-order valence-electron chi connectivity index (χ2n) is 7.81. The molecule has 0 bridgehead atoms. The van der Waals surface area contributed by atoms with E-state index in [2.05, 4.69) is 20.4 Å². The lowest BCUT2D eigenvalue weighted by Gasteiger charge is -2.27. The summed E-state index contributed by atoms with van der Waals surface area (Å²) in [5.41, 5.74) is -1.14. The smallest absolute Gasteiger partial charge is 0.434 e. The Morgan fingerprint density at radius 2 is 2.03 bits per heavy atom. The average Bonchev–Trinajstić information content (AvgIpc) is 3.20. The Balaban J connectivity index is 1.61. The Bertz CT molecular complexity index is 1120. The van der Waals surface area contributed by atoms with Crippen molar-refractivity contribution in [3.05, 3.63) is 42.1 Å². The molecular weight excluding hydrogens is 427 g/mol. The number of halogens is 3. The van der Waals surface area contributed by atoms with Gasteiger partial charge in [0, 0.05) is 30.5 Å². The number of rotatable bonds is 5. The van der Waals surface area contributed by atoms with E-state index in [0.29, 0.717) is 16.8 Å². The van der Waals surface area contributed by atoms with E-state index in [1.54, 1.807) is 12.1 Å². The number of benzene rings is 1.